The first-order valence-electron chi connectivity index (χ1n) is 9.06. The highest BCUT2D eigenvalue weighted by molar-refractivity contribution is 6.32. The molecule has 0 saturated heterocycles. The summed E-state index contributed by atoms with van der Waals surface area (Å²) in [5.41, 5.74) is 1.89. The molecule has 3 heterocycles. The number of benzene rings is 1. The molecule has 1 aromatic carbocycles. The summed E-state index contributed by atoms with van der Waals surface area (Å²) in [4.78, 5) is 4.25. The molecule has 0 amide bonds. The van der Waals surface area contributed by atoms with Gasteiger partial charge in [0.15, 0.2) is 28.9 Å². The fourth-order valence-electron chi connectivity index (χ4n) is 3.03. The van der Waals surface area contributed by atoms with Gasteiger partial charge < -0.3 is 20.1 Å². The maximum atomic E-state index is 6.29. The summed E-state index contributed by atoms with van der Waals surface area (Å²) in [6.45, 7) is 2.27. The summed E-state index contributed by atoms with van der Waals surface area (Å²) >= 11 is 6.29. The van der Waals surface area contributed by atoms with E-state index in [2.05, 4.69) is 25.8 Å². The summed E-state index contributed by atoms with van der Waals surface area (Å²) < 4.78 is 13.1. The van der Waals surface area contributed by atoms with Crippen LogP contribution in [0.25, 0.3) is 5.65 Å². The van der Waals surface area contributed by atoms with Crippen molar-refractivity contribution < 1.29 is 9.47 Å². The van der Waals surface area contributed by atoms with Gasteiger partial charge in [-0.25, -0.2) is 0 Å². The van der Waals surface area contributed by atoms with E-state index in [0.29, 0.717) is 48.8 Å². The molecular formula is C19H21ClN6O2. The number of aromatic nitrogens is 3. The van der Waals surface area contributed by atoms with Crippen LogP contribution in [-0.4, -0.2) is 47.4 Å². The molecule has 2 aromatic heterocycles. The van der Waals surface area contributed by atoms with E-state index in [9.17, 15) is 0 Å². The lowest BCUT2D eigenvalue weighted by atomic mass is 10.1. The molecule has 146 valence electrons. The highest BCUT2D eigenvalue weighted by atomic mass is 35.5. The average molecular weight is 401 g/mol. The van der Waals surface area contributed by atoms with Crippen LogP contribution in [0.15, 0.2) is 41.5 Å². The van der Waals surface area contributed by atoms with E-state index < -0.39 is 0 Å². The minimum absolute atomic E-state index is 0.515. The second kappa shape index (κ2) is 8.35. The minimum Gasteiger partial charge on any atom is -0.486 e. The van der Waals surface area contributed by atoms with Gasteiger partial charge >= 0.3 is 0 Å². The molecule has 0 spiro atoms. The Morgan fingerprint density at radius 3 is 3.00 bits per heavy atom. The molecule has 8 nitrogen and oxygen atoms in total. The molecule has 0 unspecified atom stereocenters. The molecule has 0 fully saturated rings. The van der Waals surface area contributed by atoms with Crippen molar-refractivity contribution in [2.24, 2.45) is 4.99 Å². The Balaban J connectivity index is 1.32. The normalized spacial score (nSPS) is 13.6. The Labute approximate surface area is 167 Å². The van der Waals surface area contributed by atoms with Gasteiger partial charge in [-0.3, -0.25) is 9.39 Å². The van der Waals surface area contributed by atoms with Gasteiger partial charge in [0.05, 0.1) is 11.6 Å². The van der Waals surface area contributed by atoms with Crippen molar-refractivity contribution in [1.29, 1.82) is 0 Å². The maximum absolute atomic E-state index is 6.29. The molecular weight excluding hydrogens is 380 g/mol. The van der Waals surface area contributed by atoms with Crippen molar-refractivity contribution in [1.82, 2.24) is 25.2 Å². The lowest BCUT2D eigenvalue weighted by molar-refractivity contribution is 0.171. The highest BCUT2D eigenvalue weighted by Crippen LogP contribution is 2.38. The average Bonchev–Trinajstić information content (AvgIpc) is 3.14. The Bertz CT molecular complexity index is 1000. The summed E-state index contributed by atoms with van der Waals surface area (Å²) in [5.74, 6) is 2.84. The second-order valence-electron chi connectivity index (χ2n) is 6.25. The zero-order valence-corrected chi connectivity index (χ0v) is 16.2. The third kappa shape index (κ3) is 3.96. The smallest absolute Gasteiger partial charge is 0.191 e. The Morgan fingerprint density at radius 1 is 1.21 bits per heavy atom. The van der Waals surface area contributed by atoms with Crippen molar-refractivity contribution in [2.75, 3.05) is 26.8 Å². The van der Waals surface area contributed by atoms with Crippen molar-refractivity contribution in [3.8, 4) is 11.5 Å². The first-order chi connectivity index (χ1) is 13.7. The van der Waals surface area contributed by atoms with E-state index in [0.717, 1.165) is 23.5 Å². The second-order valence-corrected chi connectivity index (χ2v) is 6.66. The maximum Gasteiger partial charge on any atom is 0.191 e. The van der Waals surface area contributed by atoms with Crippen LogP contribution in [0.5, 0.6) is 11.5 Å². The van der Waals surface area contributed by atoms with Gasteiger partial charge in [0.25, 0.3) is 0 Å². The number of fused-ring (bicyclic) bond motifs is 2. The van der Waals surface area contributed by atoms with E-state index in [-0.39, 0.29) is 0 Å². The number of hydrogen-bond acceptors (Lipinski definition) is 5. The molecule has 0 atom stereocenters. The Kier molecular flexibility index (Phi) is 5.48. The number of ether oxygens (including phenoxy) is 2. The predicted octanol–water partition coefficient (Wildman–Crippen LogP) is 2.06. The molecule has 1 aliphatic heterocycles. The topological polar surface area (TPSA) is 85.1 Å². The van der Waals surface area contributed by atoms with Gasteiger partial charge in [-0.2, -0.15) is 0 Å². The molecule has 0 aliphatic carbocycles. The van der Waals surface area contributed by atoms with Crippen molar-refractivity contribution in [2.45, 2.75) is 13.0 Å². The minimum atomic E-state index is 0.515. The molecule has 2 N–H and O–H groups in total. The van der Waals surface area contributed by atoms with Crippen LogP contribution in [0.1, 0.15) is 11.4 Å². The molecule has 1 aliphatic rings. The number of nitrogens with zero attached hydrogens (tertiary/aromatic N) is 4. The van der Waals surface area contributed by atoms with Crippen LogP contribution >= 0.6 is 11.6 Å². The zero-order valence-electron chi connectivity index (χ0n) is 15.5. The fraction of sp³-hybridized carbons (Fsp3) is 0.316. The van der Waals surface area contributed by atoms with Crippen LogP contribution in [0.4, 0.5) is 0 Å². The van der Waals surface area contributed by atoms with Crippen LogP contribution in [0, 0.1) is 0 Å². The van der Waals surface area contributed by atoms with Crippen molar-refractivity contribution in [3.05, 3.63) is 52.9 Å². The van der Waals surface area contributed by atoms with E-state index in [4.69, 9.17) is 21.1 Å². The lowest BCUT2D eigenvalue weighted by Gasteiger charge is -2.20. The monoisotopic (exact) mass is 400 g/mol. The Hall–Kier alpha value is -3.00. The molecule has 3 aromatic rings. The SMILES string of the molecule is CN=C(NCCc1cc(Cl)c2c(c1)OCCO2)NCc1nnc2ccccn12. The molecule has 9 heteroatoms. The highest BCUT2D eigenvalue weighted by Gasteiger charge is 2.16. The van der Waals surface area contributed by atoms with Crippen LogP contribution < -0.4 is 20.1 Å². The number of hydrogen-bond donors (Lipinski definition) is 2. The lowest BCUT2D eigenvalue weighted by Crippen LogP contribution is -2.38. The summed E-state index contributed by atoms with van der Waals surface area (Å²) in [5, 5.41) is 15.5. The van der Waals surface area contributed by atoms with Crippen molar-refractivity contribution >= 4 is 23.2 Å². The third-order valence-corrected chi connectivity index (χ3v) is 4.67. The first kappa shape index (κ1) is 18.4. The quantitative estimate of drug-likeness (QED) is 0.503. The number of aliphatic imine (C=N–C) groups is 1. The summed E-state index contributed by atoms with van der Waals surface area (Å²) in [6.07, 6.45) is 2.71. The number of guanidine groups is 1. The standard InChI is InChI=1S/C19H21ClN6O2/c1-21-19(23-12-17-25-24-16-4-2-3-7-26(16)17)22-6-5-13-10-14(20)18-15(11-13)27-8-9-28-18/h2-4,7,10-11H,5-6,8-9,12H2,1H3,(H2,21,22,23). The van der Waals surface area contributed by atoms with E-state index >= 15 is 0 Å². The van der Waals surface area contributed by atoms with Crippen LogP contribution in [-0.2, 0) is 13.0 Å². The number of pyridine rings is 1. The number of halogens is 1. The third-order valence-electron chi connectivity index (χ3n) is 4.38. The molecule has 4 rings (SSSR count). The van der Waals surface area contributed by atoms with Crippen LogP contribution in [0.3, 0.4) is 0 Å². The molecule has 0 saturated carbocycles. The van der Waals surface area contributed by atoms with Gasteiger partial charge in [-0.05, 0) is 36.2 Å². The van der Waals surface area contributed by atoms with Crippen LogP contribution in [0.2, 0.25) is 5.02 Å². The summed E-state index contributed by atoms with van der Waals surface area (Å²) in [6, 6.07) is 9.69. The van der Waals surface area contributed by atoms with E-state index in [1.165, 1.54) is 0 Å². The van der Waals surface area contributed by atoms with Gasteiger partial charge in [-0.1, -0.05) is 17.7 Å². The molecule has 28 heavy (non-hydrogen) atoms. The Morgan fingerprint density at radius 2 is 2.11 bits per heavy atom. The number of rotatable bonds is 5. The molecule has 0 radical (unpaired) electrons. The molecule has 0 bridgehead atoms. The predicted molar refractivity (Wildman–Crippen MR) is 107 cm³/mol. The van der Waals surface area contributed by atoms with Gasteiger partial charge in [0.2, 0.25) is 0 Å². The first-order valence-corrected chi connectivity index (χ1v) is 9.43. The van der Waals surface area contributed by atoms with E-state index in [1.807, 2.05) is 40.9 Å². The van der Waals surface area contributed by atoms with Gasteiger partial charge in [0.1, 0.15) is 13.2 Å². The van der Waals surface area contributed by atoms with Gasteiger partial charge in [-0.15, -0.1) is 10.2 Å². The van der Waals surface area contributed by atoms with Gasteiger partial charge in [0, 0.05) is 19.8 Å². The van der Waals surface area contributed by atoms with Crippen molar-refractivity contribution in [3.63, 3.8) is 0 Å². The fourth-order valence-corrected chi connectivity index (χ4v) is 3.32. The number of nitrogens with one attached hydrogen (secondary N) is 2. The zero-order chi connectivity index (χ0) is 19.3. The largest absolute Gasteiger partial charge is 0.486 e. The summed E-state index contributed by atoms with van der Waals surface area (Å²) in [7, 11) is 1.73. The van der Waals surface area contributed by atoms with E-state index in [1.54, 1.807) is 7.05 Å².